The number of fused-ring (bicyclic) bond motifs is 2. The Morgan fingerprint density at radius 3 is 2.46 bits per heavy atom. The van der Waals surface area contributed by atoms with Crippen LogP contribution in [0.25, 0.3) is 11.1 Å². The molecule has 0 fully saturated rings. The van der Waals surface area contributed by atoms with Gasteiger partial charge in [0.05, 0.1) is 25.8 Å². The van der Waals surface area contributed by atoms with E-state index in [0.29, 0.717) is 11.4 Å². The maximum atomic E-state index is 14.9. The van der Waals surface area contributed by atoms with Gasteiger partial charge in [0.2, 0.25) is 0 Å². The second kappa shape index (κ2) is 8.92. The highest BCUT2D eigenvalue weighted by Gasteiger charge is 2.31. The maximum absolute atomic E-state index is 14.9. The second-order valence-electron chi connectivity index (χ2n) is 8.10. The number of hydrogen-bond donors (Lipinski definition) is 1. The van der Waals surface area contributed by atoms with E-state index in [-0.39, 0.29) is 46.2 Å². The van der Waals surface area contributed by atoms with Crippen molar-refractivity contribution in [3.05, 3.63) is 106 Å². The molecule has 0 spiro atoms. The van der Waals surface area contributed by atoms with Crippen LogP contribution in [0, 0.1) is 5.82 Å². The summed E-state index contributed by atoms with van der Waals surface area (Å²) in [5.41, 5.74) is 2.72. The number of benzene rings is 3. The first-order valence-electron chi connectivity index (χ1n) is 10.8. The van der Waals surface area contributed by atoms with Crippen LogP contribution in [-0.4, -0.2) is 28.7 Å². The van der Waals surface area contributed by atoms with Gasteiger partial charge in [0, 0.05) is 27.5 Å². The third-order valence-electron chi connectivity index (χ3n) is 6.16. The minimum Gasteiger partial charge on any atom is -0.496 e. The van der Waals surface area contributed by atoms with Gasteiger partial charge in [-0.25, -0.2) is 9.18 Å². The minimum atomic E-state index is -1.05. The van der Waals surface area contributed by atoms with Gasteiger partial charge in [-0.05, 0) is 42.0 Å². The number of nitrogens with zero attached hydrogens (tertiary/aromatic N) is 2. The fourth-order valence-corrected chi connectivity index (χ4v) is 4.79. The number of carbonyl (C=O) groups is 2. The molecule has 0 saturated carbocycles. The molecule has 176 valence electrons. The lowest BCUT2D eigenvalue weighted by Gasteiger charge is -2.25. The van der Waals surface area contributed by atoms with E-state index in [1.165, 1.54) is 19.2 Å². The van der Waals surface area contributed by atoms with Crippen LogP contribution in [-0.2, 0) is 13.1 Å². The molecule has 35 heavy (non-hydrogen) atoms. The minimum absolute atomic E-state index is 0.107. The van der Waals surface area contributed by atoms with E-state index >= 15 is 0 Å². The first kappa shape index (κ1) is 22.7. The Kier molecular flexibility index (Phi) is 5.78. The van der Waals surface area contributed by atoms with Crippen molar-refractivity contribution in [3.8, 4) is 16.9 Å². The van der Waals surface area contributed by atoms with Crippen molar-refractivity contribution in [2.45, 2.75) is 13.1 Å². The lowest BCUT2D eigenvalue weighted by Crippen LogP contribution is -2.31. The van der Waals surface area contributed by atoms with Crippen LogP contribution < -0.4 is 9.64 Å². The third kappa shape index (κ3) is 3.84. The van der Waals surface area contributed by atoms with Gasteiger partial charge < -0.3 is 19.3 Å². The predicted octanol–water partition coefficient (Wildman–Crippen LogP) is 5.86. The number of ether oxygens (including phenoxy) is 1. The zero-order valence-electron chi connectivity index (χ0n) is 18.7. The van der Waals surface area contributed by atoms with Gasteiger partial charge in [-0.3, -0.25) is 4.79 Å². The maximum Gasteiger partial charge on any atom is 0.352 e. The molecule has 8 heteroatoms. The third-order valence-corrected chi connectivity index (χ3v) is 6.47. The van der Waals surface area contributed by atoms with E-state index in [1.807, 2.05) is 18.2 Å². The van der Waals surface area contributed by atoms with Crippen LogP contribution in [0.3, 0.4) is 0 Å². The Morgan fingerprint density at radius 1 is 0.971 bits per heavy atom. The molecule has 6 nitrogen and oxygen atoms in total. The van der Waals surface area contributed by atoms with Crippen LogP contribution >= 0.6 is 11.6 Å². The fourth-order valence-electron chi connectivity index (χ4n) is 4.53. The highest BCUT2D eigenvalue weighted by Crippen LogP contribution is 2.40. The molecule has 4 aromatic rings. The molecule has 0 aliphatic carbocycles. The second-order valence-corrected chi connectivity index (χ2v) is 8.51. The molecule has 1 amide bonds. The number of carboxylic acids is 1. The molecule has 0 unspecified atom stereocenters. The topological polar surface area (TPSA) is 71.8 Å². The summed E-state index contributed by atoms with van der Waals surface area (Å²) in [6.07, 6.45) is 0. The number of amides is 1. The Balaban J connectivity index is 1.73. The first-order valence-corrected chi connectivity index (χ1v) is 11.2. The monoisotopic (exact) mass is 490 g/mol. The Hall–Kier alpha value is -4.10. The SMILES string of the molecule is COc1ccc(Cl)c(-c2ccccc2F)c1C(=O)N1Cc2ccc(C(=O)O)n2Cc2ccccc21. The highest BCUT2D eigenvalue weighted by molar-refractivity contribution is 6.35. The molecule has 5 rings (SSSR count). The Morgan fingerprint density at radius 2 is 1.71 bits per heavy atom. The van der Waals surface area contributed by atoms with Gasteiger partial charge in [0.15, 0.2) is 0 Å². The molecule has 2 heterocycles. The molecule has 1 N–H and O–H groups in total. The van der Waals surface area contributed by atoms with Crippen molar-refractivity contribution in [2.24, 2.45) is 0 Å². The first-order chi connectivity index (χ1) is 16.9. The predicted molar refractivity (Wildman–Crippen MR) is 131 cm³/mol. The molecule has 0 atom stereocenters. The van der Waals surface area contributed by atoms with E-state index in [2.05, 4.69) is 0 Å². The number of rotatable bonds is 4. The van der Waals surface area contributed by atoms with E-state index in [9.17, 15) is 19.1 Å². The summed E-state index contributed by atoms with van der Waals surface area (Å²) < 4.78 is 22.1. The van der Waals surface area contributed by atoms with Crippen LogP contribution in [0.2, 0.25) is 5.02 Å². The van der Waals surface area contributed by atoms with Gasteiger partial charge in [-0.1, -0.05) is 48.0 Å². The normalized spacial score (nSPS) is 12.5. The van der Waals surface area contributed by atoms with Crippen LogP contribution in [0.1, 0.15) is 32.1 Å². The molecule has 0 bridgehead atoms. The number of carboxylic acid groups (broad SMARTS) is 1. The zero-order valence-corrected chi connectivity index (χ0v) is 19.4. The number of carbonyl (C=O) groups excluding carboxylic acids is 1. The Bertz CT molecular complexity index is 1480. The largest absolute Gasteiger partial charge is 0.496 e. The van der Waals surface area contributed by atoms with Gasteiger partial charge in [0.1, 0.15) is 17.3 Å². The number of halogens is 2. The van der Waals surface area contributed by atoms with E-state index < -0.39 is 17.7 Å². The summed E-state index contributed by atoms with van der Waals surface area (Å²) in [5.74, 6) is -1.76. The number of aromatic carboxylic acids is 1. The molecule has 0 radical (unpaired) electrons. The van der Waals surface area contributed by atoms with Crippen molar-refractivity contribution in [1.29, 1.82) is 0 Å². The van der Waals surface area contributed by atoms with E-state index in [4.69, 9.17) is 16.3 Å². The van der Waals surface area contributed by atoms with Gasteiger partial charge >= 0.3 is 5.97 Å². The molecule has 0 saturated heterocycles. The molecular formula is C27H20ClFN2O4. The Labute approximate surface area is 205 Å². The number of aromatic nitrogens is 1. The number of anilines is 1. The number of methoxy groups -OCH3 is 1. The van der Waals surface area contributed by atoms with Gasteiger partial charge in [-0.15, -0.1) is 0 Å². The number of para-hydroxylation sites is 1. The summed E-state index contributed by atoms with van der Waals surface area (Å²) in [6, 6.07) is 19.8. The van der Waals surface area contributed by atoms with Crippen molar-refractivity contribution in [1.82, 2.24) is 4.57 Å². The molecule has 1 aromatic heterocycles. The average Bonchev–Trinajstić information content (AvgIpc) is 3.17. The number of hydrogen-bond acceptors (Lipinski definition) is 3. The van der Waals surface area contributed by atoms with E-state index in [1.54, 1.807) is 51.9 Å². The molecule has 1 aliphatic rings. The quantitative estimate of drug-likeness (QED) is 0.389. The summed E-state index contributed by atoms with van der Waals surface area (Å²) in [6.45, 7) is 0.395. The van der Waals surface area contributed by atoms with Crippen molar-refractivity contribution < 1.29 is 23.8 Å². The summed E-state index contributed by atoms with van der Waals surface area (Å²) in [4.78, 5) is 27.6. The van der Waals surface area contributed by atoms with Crippen molar-refractivity contribution >= 4 is 29.2 Å². The van der Waals surface area contributed by atoms with Gasteiger partial charge in [-0.2, -0.15) is 0 Å². The fraction of sp³-hybridized carbons (Fsp3) is 0.111. The van der Waals surface area contributed by atoms with Crippen molar-refractivity contribution in [2.75, 3.05) is 12.0 Å². The standard InChI is InChI=1S/C27H20ClFN2O4/c1-35-23-13-11-19(28)24(18-7-3-4-8-20(18)29)25(23)26(32)31-15-17-10-12-22(27(33)34)30(17)14-16-6-2-5-9-21(16)31/h2-13H,14-15H2,1H3,(H,33,34). The zero-order chi connectivity index (χ0) is 24.7. The van der Waals surface area contributed by atoms with Crippen LogP contribution in [0.4, 0.5) is 10.1 Å². The molecular weight excluding hydrogens is 471 g/mol. The lowest BCUT2D eigenvalue weighted by atomic mass is 9.96. The summed E-state index contributed by atoms with van der Waals surface area (Å²) >= 11 is 6.54. The van der Waals surface area contributed by atoms with Crippen LogP contribution in [0.15, 0.2) is 72.8 Å². The van der Waals surface area contributed by atoms with E-state index in [0.717, 1.165) is 5.56 Å². The van der Waals surface area contributed by atoms with Crippen molar-refractivity contribution in [3.63, 3.8) is 0 Å². The van der Waals surface area contributed by atoms with Gasteiger partial charge in [0.25, 0.3) is 5.91 Å². The molecule has 3 aromatic carbocycles. The summed E-state index contributed by atoms with van der Waals surface area (Å²) in [5, 5.41) is 9.85. The highest BCUT2D eigenvalue weighted by atomic mass is 35.5. The lowest BCUT2D eigenvalue weighted by molar-refractivity contribution is 0.0685. The smallest absolute Gasteiger partial charge is 0.352 e. The van der Waals surface area contributed by atoms with Crippen LogP contribution in [0.5, 0.6) is 5.75 Å². The summed E-state index contributed by atoms with van der Waals surface area (Å²) in [7, 11) is 1.44. The molecule has 1 aliphatic heterocycles. The average molecular weight is 491 g/mol.